The first-order chi connectivity index (χ1) is 10.4. The Morgan fingerprint density at radius 1 is 1.32 bits per heavy atom. The molecule has 5 nitrogen and oxygen atoms in total. The van der Waals surface area contributed by atoms with Crippen molar-refractivity contribution >= 4 is 34.4 Å². The zero-order valence-corrected chi connectivity index (χ0v) is 13.3. The number of carbonyl (C=O) groups is 2. The van der Waals surface area contributed by atoms with E-state index in [9.17, 15) is 9.59 Å². The van der Waals surface area contributed by atoms with Crippen LogP contribution in [0.1, 0.15) is 20.3 Å². The normalized spacial score (nSPS) is 12.5. The molecule has 1 aromatic carbocycles. The summed E-state index contributed by atoms with van der Waals surface area (Å²) in [6.07, 6.45) is 2.11. The van der Waals surface area contributed by atoms with Gasteiger partial charge in [-0.1, -0.05) is 31.5 Å². The van der Waals surface area contributed by atoms with Crippen LogP contribution < -0.4 is 5.32 Å². The summed E-state index contributed by atoms with van der Waals surface area (Å²) in [6, 6.07) is 6.69. The molecule has 2 aromatic rings. The highest BCUT2D eigenvalue weighted by Gasteiger charge is 2.23. The first kappa shape index (κ1) is 16.4. The lowest BCUT2D eigenvalue weighted by Crippen LogP contribution is -2.44. The van der Waals surface area contributed by atoms with Gasteiger partial charge in [-0.3, -0.25) is 4.79 Å². The van der Waals surface area contributed by atoms with Crippen LogP contribution in [0, 0.1) is 5.92 Å². The fraction of sp³-hybridized carbons (Fsp3) is 0.375. The Labute approximate surface area is 133 Å². The topological polar surface area (TPSA) is 71.3 Å². The van der Waals surface area contributed by atoms with Crippen LogP contribution >= 0.6 is 11.6 Å². The quantitative estimate of drug-likeness (QED) is 0.859. The van der Waals surface area contributed by atoms with Gasteiger partial charge in [0.15, 0.2) is 0 Å². The molecule has 2 N–H and O–H groups in total. The average Bonchev–Trinajstić information content (AvgIpc) is 2.84. The predicted octanol–water partition coefficient (Wildman–Crippen LogP) is 2.91. The molecule has 6 heteroatoms. The predicted molar refractivity (Wildman–Crippen MR) is 86.0 cm³/mol. The van der Waals surface area contributed by atoms with Gasteiger partial charge in [0.2, 0.25) is 5.91 Å². The maximum absolute atomic E-state index is 11.9. The fourth-order valence-electron chi connectivity index (χ4n) is 2.33. The number of hydrogen-bond donors (Lipinski definition) is 2. The summed E-state index contributed by atoms with van der Waals surface area (Å²) >= 11 is 5.99. The Kier molecular flexibility index (Phi) is 5.08. The number of fused-ring (bicyclic) bond motifs is 1. The second-order valence-corrected chi connectivity index (χ2v) is 6.03. The van der Waals surface area contributed by atoms with E-state index in [1.54, 1.807) is 13.8 Å². The smallest absolute Gasteiger partial charge is 0.326 e. The van der Waals surface area contributed by atoms with Crippen molar-refractivity contribution in [1.29, 1.82) is 0 Å². The molecule has 118 valence electrons. The van der Waals surface area contributed by atoms with Crippen LogP contribution in [-0.4, -0.2) is 27.6 Å². The van der Waals surface area contributed by atoms with E-state index in [4.69, 9.17) is 16.7 Å². The molecule has 1 heterocycles. The van der Waals surface area contributed by atoms with Crippen molar-refractivity contribution < 1.29 is 14.7 Å². The number of carbonyl (C=O) groups excluding carboxylic acids is 1. The van der Waals surface area contributed by atoms with Gasteiger partial charge in [-0.15, -0.1) is 0 Å². The van der Waals surface area contributed by atoms with Gasteiger partial charge in [-0.05, 0) is 29.5 Å². The minimum atomic E-state index is -1.01. The number of rotatable bonds is 6. The zero-order chi connectivity index (χ0) is 16.3. The van der Waals surface area contributed by atoms with Crippen LogP contribution in [-0.2, 0) is 16.1 Å². The first-order valence-electron chi connectivity index (χ1n) is 7.15. The molecule has 0 aliphatic carbocycles. The number of nitrogens with one attached hydrogen (secondary N) is 1. The van der Waals surface area contributed by atoms with Crippen LogP contribution in [0.5, 0.6) is 0 Å². The van der Waals surface area contributed by atoms with E-state index in [-0.39, 0.29) is 18.2 Å². The summed E-state index contributed by atoms with van der Waals surface area (Å²) in [5.41, 5.74) is 0.957. The Bertz CT molecular complexity index is 694. The molecule has 0 aliphatic heterocycles. The van der Waals surface area contributed by atoms with Crippen LogP contribution in [0.15, 0.2) is 30.5 Å². The van der Waals surface area contributed by atoms with Crippen molar-refractivity contribution in [1.82, 2.24) is 9.88 Å². The Hall–Kier alpha value is -2.01. The summed E-state index contributed by atoms with van der Waals surface area (Å²) in [6.45, 7) is 4.00. The average molecular weight is 323 g/mol. The van der Waals surface area contributed by atoms with Gasteiger partial charge < -0.3 is 15.0 Å². The van der Waals surface area contributed by atoms with Gasteiger partial charge in [-0.25, -0.2) is 4.79 Å². The molecule has 0 aliphatic rings. The molecule has 1 aromatic heterocycles. The molecule has 0 radical (unpaired) electrons. The van der Waals surface area contributed by atoms with E-state index < -0.39 is 12.0 Å². The molecule has 0 unspecified atom stereocenters. The lowest BCUT2D eigenvalue weighted by molar-refractivity contribution is -0.143. The summed E-state index contributed by atoms with van der Waals surface area (Å²) in [4.78, 5) is 23.0. The Morgan fingerprint density at radius 3 is 2.68 bits per heavy atom. The zero-order valence-electron chi connectivity index (χ0n) is 12.5. The van der Waals surface area contributed by atoms with Gasteiger partial charge in [0.1, 0.15) is 6.04 Å². The molecule has 1 amide bonds. The largest absolute Gasteiger partial charge is 0.480 e. The second kappa shape index (κ2) is 6.83. The van der Waals surface area contributed by atoms with Crippen molar-refractivity contribution in [3.05, 3.63) is 35.5 Å². The van der Waals surface area contributed by atoms with Gasteiger partial charge in [0, 0.05) is 29.7 Å². The minimum Gasteiger partial charge on any atom is -0.480 e. The molecule has 0 saturated carbocycles. The highest BCUT2D eigenvalue weighted by molar-refractivity contribution is 6.31. The molecule has 0 fully saturated rings. The highest BCUT2D eigenvalue weighted by atomic mass is 35.5. The third-order valence-electron chi connectivity index (χ3n) is 3.56. The van der Waals surface area contributed by atoms with E-state index in [0.717, 1.165) is 10.9 Å². The van der Waals surface area contributed by atoms with Gasteiger partial charge in [0.05, 0.1) is 0 Å². The summed E-state index contributed by atoms with van der Waals surface area (Å²) in [5.74, 6) is -1.45. The SMILES string of the molecule is CC(C)[C@@H](NC(=O)CCn1ccc2ccc(Cl)cc21)C(=O)O. The number of nitrogens with zero attached hydrogens (tertiary/aromatic N) is 1. The van der Waals surface area contributed by atoms with Crippen molar-refractivity contribution in [2.24, 2.45) is 5.92 Å². The highest BCUT2D eigenvalue weighted by Crippen LogP contribution is 2.20. The lowest BCUT2D eigenvalue weighted by atomic mass is 10.0. The summed E-state index contributed by atoms with van der Waals surface area (Å²) < 4.78 is 1.94. The Balaban J connectivity index is 2.01. The third kappa shape index (κ3) is 3.80. The van der Waals surface area contributed by atoms with E-state index in [0.29, 0.717) is 11.6 Å². The number of amides is 1. The van der Waals surface area contributed by atoms with E-state index in [1.807, 2.05) is 35.0 Å². The third-order valence-corrected chi connectivity index (χ3v) is 3.80. The minimum absolute atomic E-state index is 0.160. The molecule has 1 atom stereocenters. The Morgan fingerprint density at radius 2 is 2.05 bits per heavy atom. The second-order valence-electron chi connectivity index (χ2n) is 5.59. The van der Waals surface area contributed by atoms with Crippen LogP contribution in [0.4, 0.5) is 0 Å². The maximum atomic E-state index is 11.9. The number of aryl methyl sites for hydroxylation is 1. The first-order valence-corrected chi connectivity index (χ1v) is 7.53. The van der Waals surface area contributed by atoms with Gasteiger partial charge in [-0.2, -0.15) is 0 Å². The van der Waals surface area contributed by atoms with Gasteiger partial charge >= 0.3 is 5.97 Å². The van der Waals surface area contributed by atoms with Crippen LogP contribution in [0.3, 0.4) is 0 Å². The van der Waals surface area contributed by atoms with E-state index >= 15 is 0 Å². The van der Waals surface area contributed by atoms with Crippen molar-refractivity contribution in [2.75, 3.05) is 0 Å². The molecule has 2 rings (SSSR count). The van der Waals surface area contributed by atoms with Gasteiger partial charge in [0.25, 0.3) is 0 Å². The molecular weight excluding hydrogens is 304 g/mol. The molecule has 22 heavy (non-hydrogen) atoms. The summed E-state index contributed by atoms with van der Waals surface area (Å²) in [7, 11) is 0. The number of hydrogen-bond acceptors (Lipinski definition) is 2. The number of benzene rings is 1. The monoisotopic (exact) mass is 322 g/mol. The lowest BCUT2D eigenvalue weighted by Gasteiger charge is -2.18. The maximum Gasteiger partial charge on any atom is 0.326 e. The van der Waals surface area contributed by atoms with Crippen molar-refractivity contribution in [2.45, 2.75) is 32.9 Å². The number of halogens is 1. The molecule has 0 bridgehead atoms. The van der Waals surface area contributed by atoms with Crippen molar-refractivity contribution in [3.8, 4) is 0 Å². The fourth-order valence-corrected chi connectivity index (χ4v) is 2.50. The van der Waals surface area contributed by atoms with Crippen LogP contribution in [0.25, 0.3) is 10.9 Å². The number of aromatic nitrogens is 1. The molecule has 0 spiro atoms. The van der Waals surface area contributed by atoms with Crippen molar-refractivity contribution in [3.63, 3.8) is 0 Å². The number of carboxylic acid groups (broad SMARTS) is 1. The molecule has 0 saturated heterocycles. The number of carboxylic acids is 1. The van der Waals surface area contributed by atoms with E-state index in [1.165, 1.54) is 0 Å². The number of aliphatic carboxylic acids is 1. The van der Waals surface area contributed by atoms with Crippen LogP contribution in [0.2, 0.25) is 5.02 Å². The molecular formula is C16H19ClN2O3. The van der Waals surface area contributed by atoms with E-state index in [2.05, 4.69) is 5.32 Å². The summed E-state index contributed by atoms with van der Waals surface area (Å²) in [5, 5.41) is 13.3. The standard InChI is InChI=1S/C16H19ClN2O3/c1-10(2)15(16(21)22)18-14(20)6-8-19-7-5-11-3-4-12(17)9-13(11)19/h3-5,7,9-10,15H,6,8H2,1-2H3,(H,18,20)(H,21,22)/t15-/m1/s1.